The van der Waals surface area contributed by atoms with Crippen molar-refractivity contribution >= 4 is 11.9 Å². The van der Waals surface area contributed by atoms with Crippen molar-refractivity contribution in [2.24, 2.45) is 13.0 Å². The first-order valence-electron chi connectivity index (χ1n) is 8.56. The number of hydrogen-bond acceptors (Lipinski definition) is 3. The van der Waals surface area contributed by atoms with Crippen molar-refractivity contribution in [1.29, 1.82) is 0 Å². The van der Waals surface area contributed by atoms with Gasteiger partial charge in [-0.3, -0.25) is 9.48 Å². The van der Waals surface area contributed by atoms with Crippen molar-refractivity contribution in [2.45, 2.75) is 26.2 Å². The van der Waals surface area contributed by atoms with E-state index >= 15 is 0 Å². The standard InChI is InChI=1S/C19H23N3O3/c1-13-17(12-21(2)20-13)18(23)22-9-7-14(8-10-22)11-15-5-3-4-6-16(15)19(24)25/h3-6,12,14H,7-11H2,1-2H3,(H,24,25). The maximum Gasteiger partial charge on any atom is 0.335 e. The summed E-state index contributed by atoms with van der Waals surface area (Å²) >= 11 is 0. The molecule has 1 aromatic carbocycles. The number of nitrogens with zero attached hydrogens (tertiary/aromatic N) is 3. The third kappa shape index (κ3) is 3.73. The van der Waals surface area contributed by atoms with E-state index in [0.29, 0.717) is 30.1 Å². The molecule has 2 aromatic rings. The topological polar surface area (TPSA) is 75.4 Å². The van der Waals surface area contributed by atoms with E-state index in [-0.39, 0.29) is 5.91 Å². The molecule has 0 bridgehead atoms. The molecule has 132 valence electrons. The van der Waals surface area contributed by atoms with Crippen molar-refractivity contribution in [2.75, 3.05) is 13.1 Å². The number of likely N-dealkylation sites (tertiary alicyclic amines) is 1. The fourth-order valence-electron chi connectivity index (χ4n) is 3.54. The highest BCUT2D eigenvalue weighted by molar-refractivity contribution is 5.95. The second-order valence-corrected chi connectivity index (χ2v) is 6.70. The largest absolute Gasteiger partial charge is 0.478 e. The number of aromatic carboxylic acids is 1. The van der Waals surface area contributed by atoms with E-state index < -0.39 is 5.97 Å². The molecule has 1 aliphatic heterocycles. The van der Waals surface area contributed by atoms with Crippen LogP contribution in [0, 0.1) is 12.8 Å². The van der Waals surface area contributed by atoms with Crippen LogP contribution >= 0.6 is 0 Å². The molecular weight excluding hydrogens is 318 g/mol. The number of rotatable bonds is 4. The number of carboxylic acids is 1. The fraction of sp³-hybridized carbons (Fsp3) is 0.421. The van der Waals surface area contributed by atoms with Crippen LogP contribution < -0.4 is 0 Å². The third-order valence-electron chi connectivity index (χ3n) is 4.90. The summed E-state index contributed by atoms with van der Waals surface area (Å²) in [4.78, 5) is 25.9. The van der Waals surface area contributed by atoms with Gasteiger partial charge in [0, 0.05) is 26.3 Å². The number of aromatic nitrogens is 2. The van der Waals surface area contributed by atoms with E-state index in [1.165, 1.54) is 0 Å². The number of hydrogen-bond donors (Lipinski definition) is 1. The minimum atomic E-state index is -0.879. The van der Waals surface area contributed by atoms with Gasteiger partial charge in [0.1, 0.15) is 0 Å². The normalized spacial score (nSPS) is 15.4. The highest BCUT2D eigenvalue weighted by Gasteiger charge is 2.26. The average molecular weight is 341 g/mol. The summed E-state index contributed by atoms with van der Waals surface area (Å²) in [6, 6.07) is 7.18. The van der Waals surface area contributed by atoms with Crippen LogP contribution in [0.1, 0.15) is 44.8 Å². The Morgan fingerprint density at radius 2 is 1.88 bits per heavy atom. The molecule has 1 fully saturated rings. The van der Waals surface area contributed by atoms with E-state index in [4.69, 9.17) is 0 Å². The highest BCUT2D eigenvalue weighted by Crippen LogP contribution is 2.24. The summed E-state index contributed by atoms with van der Waals surface area (Å²) in [6.07, 6.45) is 4.29. The first kappa shape index (κ1) is 17.2. The van der Waals surface area contributed by atoms with Crippen LogP contribution in [-0.4, -0.2) is 44.8 Å². The van der Waals surface area contributed by atoms with Crippen LogP contribution in [0.4, 0.5) is 0 Å². The molecule has 1 aliphatic rings. The summed E-state index contributed by atoms with van der Waals surface area (Å²) in [7, 11) is 1.82. The molecule has 0 aliphatic carbocycles. The molecule has 2 heterocycles. The monoisotopic (exact) mass is 341 g/mol. The van der Waals surface area contributed by atoms with Crippen LogP contribution in [0.5, 0.6) is 0 Å². The Kier molecular flexibility index (Phi) is 4.88. The lowest BCUT2D eigenvalue weighted by molar-refractivity contribution is 0.0689. The third-order valence-corrected chi connectivity index (χ3v) is 4.90. The number of carboxylic acid groups (broad SMARTS) is 1. The van der Waals surface area contributed by atoms with E-state index in [1.807, 2.05) is 31.0 Å². The van der Waals surface area contributed by atoms with Gasteiger partial charge in [-0.1, -0.05) is 18.2 Å². The first-order chi connectivity index (χ1) is 12.0. The number of benzene rings is 1. The minimum Gasteiger partial charge on any atom is -0.478 e. The number of aryl methyl sites for hydroxylation is 2. The molecule has 0 saturated carbocycles. The van der Waals surface area contributed by atoms with Gasteiger partial charge < -0.3 is 10.0 Å². The quantitative estimate of drug-likeness (QED) is 0.927. The minimum absolute atomic E-state index is 0.0370. The zero-order valence-corrected chi connectivity index (χ0v) is 14.6. The number of carbonyl (C=O) groups is 2. The van der Waals surface area contributed by atoms with Crippen LogP contribution in [0.15, 0.2) is 30.5 Å². The van der Waals surface area contributed by atoms with Gasteiger partial charge in [0.05, 0.1) is 16.8 Å². The lowest BCUT2D eigenvalue weighted by Crippen LogP contribution is -2.39. The first-order valence-corrected chi connectivity index (χ1v) is 8.56. The summed E-state index contributed by atoms with van der Waals surface area (Å²) < 4.78 is 1.66. The van der Waals surface area contributed by atoms with Crippen LogP contribution in [-0.2, 0) is 13.5 Å². The molecule has 6 heteroatoms. The second kappa shape index (κ2) is 7.09. The summed E-state index contributed by atoms with van der Waals surface area (Å²) in [5.74, 6) is -0.440. The van der Waals surface area contributed by atoms with Gasteiger partial charge in [-0.05, 0) is 43.7 Å². The van der Waals surface area contributed by atoms with Gasteiger partial charge >= 0.3 is 5.97 Å². The molecule has 0 radical (unpaired) electrons. The highest BCUT2D eigenvalue weighted by atomic mass is 16.4. The molecule has 0 atom stereocenters. The van der Waals surface area contributed by atoms with Crippen LogP contribution in [0.25, 0.3) is 0 Å². The zero-order valence-electron chi connectivity index (χ0n) is 14.6. The Labute approximate surface area is 147 Å². The van der Waals surface area contributed by atoms with Crippen molar-refractivity contribution in [3.8, 4) is 0 Å². The predicted molar refractivity (Wildman–Crippen MR) is 93.7 cm³/mol. The van der Waals surface area contributed by atoms with E-state index in [1.54, 1.807) is 23.0 Å². The van der Waals surface area contributed by atoms with Crippen molar-refractivity contribution < 1.29 is 14.7 Å². The van der Waals surface area contributed by atoms with Crippen LogP contribution in [0.2, 0.25) is 0 Å². The second-order valence-electron chi connectivity index (χ2n) is 6.70. The zero-order chi connectivity index (χ0) is 18.0. The Morgan fingerprint density at radius 3 is 2.48 bits per heavy atom. The molecule has 3 rings (SSSR count). The van der Waals surface area contributed by atoms with Gasteiger partial charge in [-0.2, -0.15) is 5.10 Å². The maximum absolute atomic E-state index is 12.6. The summed E-state index contributed by atoms with van der Waals surface area (Å²) in [6.45, 7) is 3.25. The Morgan fingerprint density at radius 1 is 1.20 bits per heavy atom. The Hall–Kier alpha value is -2.63. The van der Waals surface area contributed by atoms with Crippen molar-refractivity contribution in [3.05, 3.63) is 52.8 Å². The lowest BCUT2D eigenvalue weighted by atomic mass is 9.88. The molecule has 1 aromatic heterocycles. The number of amides is 1. The molecule has 1 amide bonds. The number of carbonyl (C=O) groups excluding carboxylic acids is 1. The van der Waals surface area contributed by atoms with E-state index in [9.17, 15) is 14.7 Å². The van der Waals surface area contributed by atoms with Gasteiger partial charge in [-0.15, -0.1) is 0 Å². The van der Waals surface area contributed by atoms with Crippen LogP contribution in [0.3, 0.4) is 0 Å². The summed E-state index contributed by atoms with van der Waals surface area (Å²) in [5, 5.41) is 13.5. The van der Waals surface area contributed by atoms with Gasteiger partial charge in [0.25, 0.3) is 5.91 Å². The van der Waals surface area contributed by atoms with Gasteiger partial charge in [0.2, 0.25) is 0 Å². The molecule has 1 saturated heterocycles. The lowest BCUT2D eigenvalue weighted by Gasteiger charge is -2.32. The van der Waals surface area contributed by atoms with Gasteiger partial charge in [0.15, 0.2) is 0 Å². The van der Waals surface area contributed by atoms with E-state index in [2.05, 4.69) is 5.10 Å². The molecule has 1 N–H and O–H groups in total. The van der Waals surface area contributed by atoms with Crippen molar-refractivity contribution in [3.63, 3.8) is 0 Å². The molecule has 6 nitrogen and oxygen atoms in total. The maximum atomic E-state index is 12.6. The smallest absolute Gasteiger partial charge is 0.335 e. The predicted octanol–water partition coefficient (Wildman–Crippen LogP) is 2.52. The van der Waals surface area contributed by atoms with Gasteiger partial charge in [-0.25, -0.2) is 4.79 Å². The Bertz CT molecular complexity index is 789. The SMILES string of the molecule is Cc1nn(C)cc1C(=O)N1CCC(Cc2ccccc2C(=O)O)CC1. The molecule has 0 unspecified atom stereocenters. The molecule has 25 heavy (non-hydrogen) atoms. The van der Waals surface area contributed by atoms with Crippen molar-refractivity contribution in [1.82, 2.24) is 14.7 Å². The Balaban J connectivity index is 1.62. The van der Waals surface area contributed by atoms with E-state index in [0.717, 1.165) is 30.5 Å². The summed E-state index contributed by atoms with van der Waals surface area (Å²) in [5.41, 5.74) is 2.68. The molecule has 0 spiro atoms. The fourth-order valence-corrected chi connectivity index (χ4v) is 3.54. The molecular formula is C19H23N3O3. The number of piperidine rings is 1. The average Bonchev–Trinajstić information content (AvgIpc) is 2.93.